The Morgan fingerprint density at radius 3 is 2.69 bits per heavy atom. The minimum absolute atomic E-state index is 0.210. The van der Waals surface area contributed by atoms with Crippen molar-refractivity contribution in [2.45, 2.75) is 50.0 Å². The average molecular weight is 628 g/mol. The molecule has 2 unspecified atom stereocenters. The van der Waals surface area contributed by atoms with E-state index in [-0.39, 0.29) is 11.8 Å². The first-order valence-corrected chi connectivity index (χ1v) is 14.6. The zero-order valence-corrected chi connectivity index (χ0v) is 23.9. The van der Waals surface area contributed by atoms with Crippen molar-refractivity contribution in [2.75, 3.05) is 3.53 Å². The molecule has 1 aliphatic heterocycles. The van der Waals surface area contributed by atoms with Gasteiger partial charge in [0.25, 0.3) is 0 Å². The highest BCUT2D eigenvalue weighted by molar-refractivity contribution is 14.1. The first-order valence-electron chi connectivity index (χ1n) is 13.6. The van der Waals surface area contributed by atoms with Crippen LogP contribution in [0.5, 0.6) is 0 Å². The summed E-state index contributed by atoms with van der Waals surface area (Å²) in [5.74, 6) is 2.55. The molecule has 3 aliphatic rings. The van der Waals surface area contributed by atoms with Crippen LogP contribution in [0.2, 0.25) is 0 Å². The van der Waals surface area contributed by atoms with Gasteiger partial charge in [-0.1, -0.05) is 66.8 Å². The Bertz CT molecular complexity index is 1640. The number of anilines is 1. The molecule has 2 atom stereocenters. The van der Waals surface area contributed by atoms with Crippen molar-refractivity contribution >= 4 is 45.6 Å². The highest BCUT2D eigenvalue weighted by Gasteiger charge is 2.42. The van der Waals surface area contributed by atoms with E-state index in [0.29, 0.717) is 18.8 Å². The molecule has 196 valence electrons. The van der Waals surface area contributed by atoms with Crippen LogP contribution in [0.4, 0.5) is 11.5 Å². The molecule has 2 aliphatic carbocycles. The van der Waals surface area contributed by atoms with Crippen LogP contribution >= 0.6 is 22.9 Å². The third-order valence-electron chi connectivity index (χ3n) is 8.38. The highest BCUT2D eigenvalue weighted by Crippen LogP contribution is 2.47. The molecule has 2 aromatic heterocycles. The second-order valence-electron chi connectivity index (χ2n) is 11.2. The van der Waals surface area contributed by atoms with Gasteiger partial charge in [-0.3, -0.25) is 9.39 Å². The fraction of sp³-hybridized carbons (Fsp3) is 0.281. The molecule has 0 spiro atoms. The van der Waals surface area contributed by atoms with Crippen LogP contribution in [0.15, 0.2) is 90.2 Å². The summed E-state index contributed by atoms with van der Waals surface area (Å²) in [5.41, 5.74) is 7.08. The second-order valence-corrected chi connectivity index (χ2v) is 11.7. The van der Waals surface area contributed by atoms with Crippen molar-refractivity contribution in [2.24, 2.45) is 10.9 Å². The summed E-state index contributed by atoms with van der Waals surface area (Å²) in [6.45, 7) is 1.90. The number of nitrogens with zero attached hydrogens (tertiary/aromatic N) is 4. The smallest absolute Gasteiger partial charge is 0.161 e. The van der Waals surface area contributed by atoms with Gasteiger partial charge >= 0.3 is 0 Å². The molecule has 0 radical (unpaired) electrons. The molecule has 39 heavy (non-hydrogen) atoms. The maximum absolute atomic E-state index is 10.4. The number of allylic oxidation sites excluding steroid dienone is 4. The lowest BCUT2D eigenvalue weighted by Gasteiger charge is -2.40. The van der Waals surface area contributed by atoms with Crippen LogP contribution in [-0.2, 0) is 0 Å². The Hall–Kier alpha value is -3.30. The molecule has 1 fully saturated rings. The maximum atomic E-state index is 10.4. The quantitative estimate of drug-likeness (QED) is 0.177. The fourth-order valence-corrected chi connectivity index (χ4v) is 6.85. The highest BCUT2D eigenvalue weighted by atomic mass is 127. The van der Waals surface area contributed by atoms with Gasteiger partial charge in [0.05, 0.1) is 34.2 Å². The molecule has 0 amide bonds. The predicted molar refractivity (Wildman–Crippen MR) is 165 cm³/mol. The Labute approximate surface area is 242 Å². The van der Waals surface area contributed by atoms with Crippen molar-refractivity contribution in [3.05, 3.63) is 102 Å². The van der Waals surface area contributed by atoms with Crippen LogP contribution in [0.25, 0.3) is 16.8 Å². The fourth-order valence-electron chi connectivity index (χ4n) is 6.45. The lowest BCUT2D eigenvalue weighted by atomic mass is 9.72. The number of hydrogen-bond donors (Lipinski definition) is 2. The third-order valence-corrected chi connectivity index (χ3v) is 8.89. The number of imidazole rings is 1. The summed E-state index contributed by atoms with van der Waals surface area (Å²) >= 11 is 2.14. The van der Waals surface area contributed by atoms with Gasteiger partial charge in [-0.05, 0) is 49.8 Å². The largest absolute Gasteiger partial charge is 0.390 e. The summed E-state index contributed by atoms with van der Waals surface area (Å²) in [6, 6.07) is 17.4. The zero-order valence-electron chi connectivity index (χ0n) is 21.8. The van der Waals surface area contributed by atoms with Gasteiger partial charge in [-0.25, -0.2) is 9.97 Å². The van der Waals surface area contributed by atoms with Crippen LogP contribution < -0.4 is 3.53 Å². The normalized spacial score (nSPS) is 25.7. The number of fused-ring (bicyclic) bond motifs is 2. The minimum atomic E-state index is -0.625. The molecule has 0 saturated heterocycles. The lowest BCUT2D eigenvalue weighted by Crippen LogP contribution is -2.40. The maximum Gasteiger partial charge on any atom is 0.161 e. The number of aliphatic imine (C=N–C) groups is 1. The number of aliphatic hydroxyl groups is 1. The van der Waals surface area contributed by atoms with E-state index in [1.807, 2.05) is 13.1 Å². The lowest BCUT2D eigenvalue weighted by molar-refractivity contribution is -0.0335. The van der Waals surface area contributed by atoms with Gasteiger partial charge in [-0.15, -0.1) is 0 Å². The standard InChI is InChI=1S/C32H30IN5O/c1-32(39)18-23(19-32)31-36-28(29-30(37-33)34-14-15-38(29)31)22-12-13-24-25(20-8-4-2-5-9-20)17-26(35-27(24)16-22)21-10-6-3-7-11-21/h2-10,12-16,21,23,25,39H,11,17-19H2,1H3,(H,34,37). The number of halogens is 1. The third kappa shape index (κ3) is 4.41. The topological polar surface area (TPSA) is 74.8 Å². The number of aromatic nitrogens is 3. The SMILES string of the molecule is CC1(O)CC(c2nc(-c3ccc4c(c3)N=C(C3C=CC=CC3)CC4c3ccccc3)c3c(NI)nccn23)C1. The number of nitrogens with one attached hydrogen (secondary N) is 1. The van der Waals surface area contributed by atoms with Gasteiger partial charge in [0.2, 0.25) is 0 Å². The van der Waals surface area contributed by atoms with Crippen molar-refractivity contribution in [3.8, 4) is 11.3 Å². The van der Waals surface area contributed by atoms with Crippen molar-refractivity contribution in [3.63, 3.8) is 0 Å². The predicted octanol–water partition coefficient (Wildman–Crippen LogP) is 7.53. The number of rotatable bonds is 5. The van der Waals surface area contributed by atoms with Crippen LogP contribution in [-0.4, -0.2) is 30.8 Å². The molecule has 0 bridgehead atoms. The van der Waals surface area contributed by atoms with Gasteiger partial charge in [-0.2, -0.15) is 0 Å². The van der Waals surface area contributed by atoms with Crippen molar-refractivity contribution in [1.82, 2.24) is 14.4 Å². The van der Waals surface area contributed by atoms with Gasteiger partial charge < -0.3 is 8.64 Å². The molecule has 2 aromatic carbocycles. The molecule has 6 nitrogen and oxygen atoms in total. The van der Waals surface area contributed by atoms with Gasteiger partial charge in [0.15, 0.2) is 5.82 Å². The molecule has 3 heterocycles. The molecule has 4 aromatic rings. The van der Waals surface area contributed by atoms with Crippen LogP contribution in [0, 0.1) is 5.92 Å². The summed E-state index contributed by atoms with van der Waals surface area (Å²) in [4.78, 5) is 15.1. The van der Waals surface area contributed by atoms with Crippen LogP contribution in [0.3, 0.4) is 0 Å². The van der Waals surface area contributed by atoms with Crippen LogP contribution in [0.1, 0.15) is 61.4 Å². The van der Waals surface area contributed by atoms with Gasteiger partial charge in [0.1, 0.15) is 17.0 Å². The van der Waals surface area contributed by atoms with Crippen molar-refractivity contribution in [1.29, 1.82) is 0 Å². The van der Waals surface area contributed by atoms with Gasteiger partial charge in [0, 0.05) is 41.4 Å². The first kappa shape index (κ1) is 24.7. The molecule has 7 rings (SSSR count). The van der Waals surface area contributed by atoms with E-state index in [1.165, 1.54) is 16.8 Å². The molecular formula is C32H30IN5O. The first-order chi connectivity index (χ1) is 19.0. The average Bonchev–Trinajstić information content (AvgIpc) is 3.35. The van der Waals surface area contributed by atoms with E-state index in [2.05, 4.69) is 109 Å². The molecule has 1 saturated carbocycles. The Kier molecular flexibility index (Phi) is 6.16. The zero-order chi connectivity index (χ0) is 26.6. The van der Waals surface area contributed by atoms with E-state index in [9.17, 15) is 5.11 Å². The summed E-state index contributed by atoms with van der Waals surface area (Å²) in [6.07, 6.45) is 15.9. The number of hydrogen-bond acceptors (Lipinski definition) is 5. The van der Waals surface area contributed by atoms with E-state index >= 15 is 0 Å². The Morgan fingerprint density at radius 1 is 1.10 bits per heavy atom. The van der Waals surface area contributed by atoms with E-state index in [1.54, 1.807) is 6.20 Å². The molecule has 7 heteroatoms. The van der Waals surface area contributed by atoms with E-state index in [4.69, 9.17) is 9.98 Å². The molecule has 2 N–H and O–H groups in total. The minimum Gasteiger partial charge on any atom is -0.390 e. The summed E-state index contributed by atoms with van der Waals surface area (Å²) in [7, 11) is 0. The van der Waals surface area contributed by atoms with E-state index in [0.717, 1.165) is 46.9 Å². The van der Waals surface area contributed by atoms with E-state index < -0.39 is 5.60 Å². The Balaban J connectivity index is 1.37. The monoisotopic (exact) mass is 627 g/mol. The summed E-state index contributed by atoms with van der Waals surface area (Å²) < 4.78 is 5.37. The van der Waals surface area contributed by atoms with Crippen molar-refractivity contribution < 1.29 is 5.11 Å². The Morgan fingerprint density at radius 2 is 1.95 bits per heavy atom. The summed E-state index contributed by atoms with van der Waals surface area (Å²) in [5, 5.41) is 10.4. The molecular weight excluding hydrogens is 597 g/mol. The number of benzene rings is 2. The second kappa shape index (κ2) is 9.71.